The molecule has 1 atom stereocenters. The number of carbonyl (C=O) groups excluding carboxylic acids is 1. The Morgan fingerprint density at radius 3 is 2.60 bits per heavy atom. The highest BCUT2D eigenvalue weighted by atomic mass is 16.2. The van der Waals surface area contributed by atoms with Gasteiger partial charge in [-0.05, 0) is 13.5 Å². The number of piperazine rings is 1. The molecule has 1 saturated heterocycles. The molecule has 6 heteroatoms. The number of rotatable bonds is 2. The maximum absolute atomic E-state index is 12.4. The minimum Gasteiger partial charge on any atom is -0.333 e. The summed E-state index contributed by atoms with van der Waals surface area (Å²) in [6.07, 6.45) is 0. The summed E-state index contributed by atoms with van der Waals surface area (Å²) in [4.78, 5) is 21.0. The van der Waals surface area contributed by atoms with Gasteiger partial charge in [-0.15, -0.1) is 5.10 Å². The molecule has 112 valence electrons. The van der Waals surface area contributed by atoms with Crippen molar-refractivity contribution in [3.05, 3.63) is 11.6 Å². The minimum atomic E-state index is -0.125. The molecule has 0 saturated carbocycles. The maximum Gasteiger partial charge on any atom is 0.293 e. The van der Waals surface area contributed by atoms with Crippen LogP contribution >= 0.6 is 0 Å². The molecule has 6 nitrogen and oxygen atoms in total. The van der Waals surface area contributed by atoms with Gasteiger partial charge in [-0.2, -0.15) is 0 Å². The van der Waals surface area contributed by atoms with E-state index in [1.54, 1.807) is 0 Å². The predicted molar refractivity (Wildman–Crippen MR) is 77.7 cm³/mol. The van der Waals surface area contributed by atoms with Crippen LogP contribution < -0.4 is 0 Å². The number of hydrogen-bond acceptors (Lipinski definition) is 4. The Hall–Kier alpha value is -1.43. The lowest BCUT2D eigenvalue weighted by atomic mass is 9.96. The topological polar surface area (TPSA) is 65.1 Å². The van der Waals surface area contributed by atoms with Gasteiger partial charge in [0.1, 0.15) is 5.82 Å². The lowest BCUT2D eigenvalue weighted by Crippen LogP contribution is -2.53. The molecule has 1 aliphatic rings. The van der Waals surface area contributed by atoms with Crippen LogP contribution in [0.3, 0.4) is 0 Å². The first-order valence-corrected chi connectivity index (χ1v) is 7.29. The number of aromatic nitrogens is 3. The summed E-state index contributed by atoms with van der Waals surface area (Å²) < 4.78 is 0. The van der Waals surface area contributed by atoms with Crippen LogP contribution in [0.5, 0.6) is 0 Å². The van der Waals surface area contributed by atoms with E-state index < -0.39 is 0 Å². The highest BCUT2D eigenvalue weighted by Crippen LogP contribution is 2.18. The first-order chi connectivity index (χ1) is 9.32. The number of aromatic amines is 1. The average molecular weight is 279 g/mol. The number of carbonyl (C=O) groups is 1. The normalized spacial score (nSPS) is 21.2. The molecule has 1 unspecified atom stereocenters. The molecule has 1 amide bonds. The van der Waals surface area contributed by atoms with E-state index in [0.717, 1.165) is 32.0 Å². The fourth-order valence-electron chi connectivity index (χ4n) is 2.48. The fourth-order valence-corrected chi connectivity index (χ4v) is 2.48. The van der Waals surface area contributed by atoms with Gasteiger partial charge in [-0.25, -0.2) is 4.98 Å². The molecule has 1 N–H and O–H groups in total. The zero-order chi connectivity index (χ0) is 14.9. The third-order valence-corrected chi connectivity index (χ3v) is 3.85. The van der Waals surface area contributed by atoms with E-state index in [2.05, 4.69) is 33.9 Å². The molecule has 1 aromatic rings. The molecule has 0 aliphatic carbocycles. The van der Waals surface area contributed by atoms with E-state index in [9.17, 15) is 4.79 Å². The summed E-state index contributed by atoms with van der Waals surface area (Å²) in [5.41, 5.74) is -0.125. The van der Waals surface area contributed by atoms with Gasteiger partial charge < -0.3 is 4.90 Å². The van der Waals surface area contributed by atoms with Crippen LogP contribution in [0.2, 0.25) is 0 Å². The van der Waals surface area contributed by atoms with Crippen molar-refractivity contribution in [1.82, 2.24) is 25.0 Å². The number of nitrogens with one attached hydrogen (secondary N) is 1. The first-order valence-electron chi connectivity index (χ1n) is 7.29. The quantitative estimate of drug-likeness (QED) is 0.885. The Bertz CT molecular complexity index is 476. The molecule has 1 fully saturated rings. The second-order valence-electron chi connectivity index (χ2n) is 6.49. The van der Waals surface area contributed by atoms with Crippen molar-refractivity contribution < 1.29 is 4.79 Å². The monoisotopic (exact) mass is 279 g/mol. The van der Waals surface area contributed by atoms with Gasteiger partial charge in [0.05, 0.1) is 0 Å². The summed E-state index contributed by atoms with van der Waals surface area (Å²) in [5, 5.41) is 6.96. The highest BCUT2D eigenvalue weighted by molar-refractivity contribution is 5.90. The van der Waals surface area contributed by atoms with Crippen LogP contribution in [0.4, 0.5) is 0 Å². The van der Waals surface area contributed by atoms with Crippen LogP contribution in [0, 0.1) is 0 Å². The van der Waals surface area contributed by atoms with Crippen molar-refractivity contribution in [2.24, 2.45) is 0 Å². The fraction of sp³-hybridized carbons (Fsp3) is 0.786. The van der Waals surface area contributed by atoms with E-state index in [1.165, 1.54) is 0 Å². The van der Waals surface area contributed by atoms with Crippen LogP contribution in [-0.2, 0) is 5.41 Å². The van der Waals surface area contributed by atoms with Crippen LogP contribution in [0.15, 0.2) is 0 Å². The number of H-pyrrole nitrogens is 1. The molecular weight excluding hydrogens is 254 g/mol. The lowest BCUT2D eigenvalue weighted by molar-refractivity contribution is 0.0517. The molecule has 20 heavy (non-hydrogen) atoms. The van der Waals surface area contributed by atoms with Crippen LogP contribution in [0.25, 0.3) is 0 Å². The second-order valence-corrected chi connectivity index (χ2v) is 6.49. The van der Waals surface area contributed by atoms with Crippen molar-refractivity contribution in [2.75, 3.05) is 26.2 Å². The van der Waals surface area contributed by atoms with E-state index >= 15 is 0 Å². The first kappa shape index (κ1) is 15.0. The van der Waals surface area contributed by atoms with Crippen molar-refractivity contribution >= 4 is 5.91 Å². The van der Waals surface area contributed by atoms with E-state index in [1.807, 2.05) is 25.7 Å². The van der Waals surface area contributed by atoms with E-state index in [0.29, 0.717) is 6.04 Å². The van der Waals surface area contributed by atoms with E-state index in [-0.39, 0.29) is 17.1 Å². The van der Waals surface area contributed by atoms with Crippen molar-refractivity contribution in [2.45, 2.75) is 46.1 Å². The van der Waals surface area contributed by atoms with Gasteiger partial charge in [0.25, 0.3) is 5.91 Å². The molecular formula is C14H25N5O. The van der Waals surface area contributed by atoms with Crippen molar-refractivity contribution in [1.29, 1.82) is 0 Å². The average Bonchev–Trinajstić information content (AvgIpc) is 2.87. The molecule has 0 aromatic carbocycles. The maximum atomic E-state index is 12.4. The standard InChI is InChI=1S/C14H25N5O/c1-6-18-7-8-19(9-10(18)2)12(20)11-15-13(17-16-11)14(3,4)5/h10H,6-9H2,1-5H3,(H,15,16,17). The molecule has 2 heterocycles. The third-order valence-electron chi connectivity index (χ3n) is 3.85. The zero-order valence-corrected chi connectivity index (χ0v) is 13.1. The van der Waals surface area contributed by atoms with Gasteiger partial charge in [-0.1, -0.05) is 27.7 Å². The molecule has 0 radical (unpaired) electrons. The third kappa shape index (κ3) is 3.00. The number of amides is 1. The molecule has 2 rings (SSSR count). The Morgan fingerprint density at radius 2 is 2.10 bits per heavy atom. The Labute approximate surface area is 120 Å². The summed E-state index contributed by atoms with van der Waals surface area (Å²) >= 11 is 0. The predicted octanol–water partition coefficient (Wildman–Crippen LogP) is 1.27. The molecule has 0 bridgehead atoms. The van der Waals surface area contributed by atoms with Crippen molar-refractivity contribution in [3.63, 3.8) is 0 Å². The SMILES string of the molecule is CCN1CCN(C(=O)c2n[nH]c(C(C)(C)C)n2)CC1C. The second kappa shape index (κ2) is 5.52. The highest BCUT2D eigenvalue weighted by Gasteiger charge is 2.29. The summed E-state index contributed by atoms with van der Waals surface area (Å²) in [5.74, 6) is 0.965. The van der Waals surface area contributed by atoms with Gasteiger partial charge >= 0.3 is 0 Å². The molecule has 1 aliphatic heterocycles. The van der Waals surface area contributed by atoms with Gasteiger partial charge in [0.15, 0.2) is 0 Å². The Balaban J connectivity index is 2.07. The molecule has 1 aromatic heterocycles. The van der Waals surface area contributed by atoms with E-state index in [4.69, 9.17) is 0 Å². The summed E-state index contributed by atoms with van der Waals surface area (Å²) in [6, 6.07) is 0.388. The van der Waals surface area contributed by atoms with Gasteiger partial charge in [0.2, 0.25) is 5.82 Å². The van der Waals surface area contributed by atoms with Crippen molar-refractivity contribution in [3.8, 4) is 0 Å². The number of hydrogen-bond donors (Lipinski definition) is 1. The number of likely N-dealkylation sites (N-methyl/N-ethyl adjacent to an activating group) is 1. The largest absolute Gasteiger partial charge is 0.333 e. The van der Waals surface area contributed by atoms with Gasteiger partial charge in [-0.3, -0.25) is 14.8 Å². The Morgan fingerprint density at radius 1 is 1.40 bits per heavy atom. The van der Waals surface area contributed by atoms with Gasteiger partial charge in [0, 0.05) is 31.1 Å². The van der Waals surface area contributed by atoms with Crippen LogP contribution in [-0.4, -0.2) is 63.1 Å². The molecule has 0 spiro atoms. The summed E-state index contributed by atoms with van der Waals surface area (Å²) in [7, 11) is 0. The Kier molecular flexibility index (Phi) is 4.13. The zero-order valence-electron chi connectivity index (χ0n) is 13.1. The lowest BCUT2D eigenvalue weighted by Gasteiger charge is -2.38. The number of nitrogens with zero attached hydrogens (tertiary/aromatic N) is 4. The van der Waals surface area contributed by atoms with Crippen LogP contribution in [0.1, 0.15) is 51.1 Å². The summed E-state index contributed by atoms with van der Waals surface area (Å²) in [6.45, 7) is 13.9. The smallest absolute Gasteiger partial charge is 0.293 e. The minimum absolute atomic E-state index is 0.0700.